The highest BCUT2D eigenvalue weighted by Gasteiger charge is 2.41. The highest BCUT2D eigenvalue weighted by molar-refractivity contribution is 6.37. The molecule has 0 radical (unpaired) electrons. The van der Waals surface area contributed by atoms with Crippen LogP contribution in [0.15, 0.2) is 182 Å². The number of hydrogen-bond acceptors (Lipinski definition) is 2. The molecule has 0 fully saturated rings. The minimum atomic E-state index is -0.347. The van der Waals surface area contributed by atoms with E-state index in [1.807, 2.05) is 84.9 Å². The fourth-order valence-corrected chi connectivity index (χ4v) is 8.60. The van der Waals surface area contributed by atoms with Gasteiger partial charge in [-0.2, -0.15) is 0 Å². The normalized spacial score (nSPS) is 12.5. The van der Waals surface area contributed by atoms with Crippen molar-refractivity contribution in [2.24, 2.45) is 0 Å². The average Bonchev–Trinajstić information content (AvgIpc) is 3.72. The van der Waals surface area contributed by atoms with Crippen molar-refractivity contribution in [3.8, 4) is 50.2 Å². The fraction of sp³-hybridized carbons (Fsp3) is 0.0385. The summed E-state index contributed by atoms with van der Waals surface area (Å²) < 4.78 is 2.25. The van der Waals surface area contributed by atoms with Gasteiger partial charge in [-0.15, -0.1) is 0 Å². The highest BCUT2D eigenvalue weighted by atomic mass is 16.2. The van der Waals surface area contributed by atoms with E-state index in [0.717, 1.165) is 77.4 Å². The predicted octanol–water partition coefficient (Wildman–Crippen LogP) is 12.9. The number of benzene rings is 8. The largest absolute Gasteiger partial charge is 0.307 e. The molecule has 4 nitrogen and oxygen atoms in total. The van der Waals surface area contributed by atoms with E-state index in [-0.39, 0.29) is 11.8 Å². The zero-order chi connectivity index (χ0) is 37.9. The minimum Gasteiger partial charge on any atom is -0.307 e. The number of rotatable bonds is 6. The molecule has 0 atom stereocenters. The van der Waals surface area contributed by atoms with Gasteiger partial charge in [0, 0.05) is 27.5 Å². The van der Waals surface area contributed by atoms with Crippen molar-refractivity contribution in [2.45, 2.75) is 13.8 Å². The zero-order valence-corrected chi connectivity index (χ0v) is 31.0. The Morgan fingerprint density at radius 1 is 0.357 bits per heavy atom. The summed E-state index contributed by atoms with van der Waals surface area (Å²) in [6.45, 7) is 4.27. The van der Waals surface area contributed by atoms with Gasteiger partial charge in [0.15, 0.2) is 0 Å². The second-order valence-electron chi connectivity index (χ2n) is 14.5. The monoisotopic (exact) mass is 720 g/mol. The van der Waals surface area contributed by atoms with E-state index < -0.39 is 0 Å². The number of carbonyl (C=O) groups is 2. The van der Waals surface area contributed by atoms with Crippen molar-refractivity contribution in [3.63, 3.8) is 0 Å². The lowest BCUT2D eigenvalue weighted by atomic mass is 9.97. The Morgan fingerprint density at radius 3 is 1.45 bits per heavy atom. The molecule has 9 aromatic rings. The molecule has 0 saturated carbocycles. The van der Waals surface area contributed by atoms with Gasteiger partial charge in [0.25, 0.3) is 11.8 Å². The van der Waals surface area contributed by atoms with Gasteiger partial charge in [-0.1, -0.05) is 164 Å². The Bertz CT molecular complexity index is 2930. The Kier molecular flexibility index (Phi) is 7.86. The number of para-hydroxylation sites is 2. The molecule has 0 unspecified atom stereocenters. The van der Waals surface area contributed by atoms with Crippen molar-refractivity contribution >= 4 is 39.3 Å². The fourth-order valence-electron chi connectivity index (χ4n) is 8.60. The van der Waals surface area contributed by atoms with E-state index in [9.17, 15) is 4.79 Å². The van der Waals surface area contributed by atoms with Crippen LogP contribution in [0.1, 0.15) is 31.8 Å². The Hall–Kier alpha value is -7.30. The summed E-state index contributed by atoms with van der Waals surface area (Å²) >= 11 is 0. The molecular weight excluding hydrogens is 685 g/mol. The van der Waals surface area contributed by atoms with E-state index in [0.29, 0.717) is 22.5 Å². The van der Waals surface area contributed by atoms with Gasteiger partial charge in [0.2, 0.25) is 0 Å². The van der Waals surface area contributed by atoms with Crippen LogP contribution in [0.5, 0.6) is 0 Å². The summed E-state index contributed by atoms with van der Waals surface area (Å²) in [6.07, 6.45) is 0. The number of hydrogen-bond donors (Lipinski definition) is 0. The van der Waals surface area contributed by atoms with Crippen LogP contribution in [0, 0.1) is 13.8 Å². The van der Waals surface area contributed by atoms with Crippen molar-refractivity contribution in [1.82, 2.24) is 4.57 Å². The van der Waals surface area contributed by atoms with Crippen LogP contribution in [0.25, 0.3) is 72.0 Å². The molecule has 0 N–H and O–H groups in total. The standard InChI is InChI=1S/C52H36N2O2/c1-33-16-9-11-22-38(33)41-24-13-26-43-44-27-14-25-42(39-23-12-10-17-34(39)2)50(44)53(49(41)43)46-29-15-28-45-48(46)52(56)54(51(45)55)47-32-37(35-18-5-3-6-19-35)30-31-40(47)36-20-7-4-8-21-36/h3-32H,1-2H3. The van der Waals surface area contributed by atoms with Crippen molar-refractivity contribution in [3.05, 3.63) is 204 Å². The van der Waals surface area contributed by atoms with Gasteiger partial charge in [-0.25, -0.2) is 4.90 Å². The van der Waals surface area contributed by atoms with Crippen LogP contribution in [-0.4, -0.2) is 16.4 Å². The summed E-state index contributed by atoms with van der Waals surface area (Å²) in [7, 11) is 0. The molecule has 0 saturated heterocycles. The topological polar surface area (TPSA) is 42.3 Å². The summed E-state index contributed by atoms with van der Waals surface area (Å²) in [5, 5.41) is 2.15. The number of anilines is 1. The Morgan fingerprint density at radius 2 is 0.857 bits per heavy atom. The summed E-state index contributed by atoms with van der Waals surface area (Å²) in [5.41, 5.74) is 14.3. The average molecular weight is 721 g/mol. The summed E-state index contributed by atoms with van der Waals surface area (Å²) in [6, 6.07) is 61.5. The predicted molar refractivity (Wildman–Crippen MR) is 230 cm³/mol. The maximum atomic E-state index is 15.3. The second kappa shape index (κ2) is 13.2. The molecule has 1 aromatic heterocycles. The maximum Gasteiger partial charge on any atom is 0.268 e. The molecule has 10 rings (SSSR count). The third-order valence-electron chi connectivity index (χ3n) is 11.2. The first-order valence-corrected chi connectivity index (χ1v) is 18.9. The van der Waals surface area contributed by atoms with Crippen LogP contribution in [0.3, 0.4) is 0 Å². The SMILES string of the molecule is Cc1ccccc1-c1cccc2c3cccc(-c4ccccc4C)c3n(-c3cccc4c3C(=O)N(c3cc(-c5ccccc5)ccc3-c3ccccc3)C4=O)c12. The van der Waals surface area contributed by atoms with Gasteiger partial charge < -0.3 is 4.57 Å². The van der Waals surface area contributed by atoms with Crippen molar-refractivity contribution in [2.75, 3.05) is 4.90 Å². The molecule has 8 aromatic carbocycles. The first-order valence-electron chi connectivity index (χ1n) is 18.9. The lowest BCUT2D eigenvalue weighted by Gasteiger charge is -2.20. The third-order valence-corrected chi connectivity index (χ3v) is 11.2. The Balaban J connectivity index is 1.27. The number of fused-ring (bicyclic) bond motifs is 4. The van der Waals surface area contributed by atoms with E-state index in [1.54, 1.807) is 6.07 Å². The molecule has 0 spiro atoms. The van der Waals surface area contributed by atoms with Crippen LogP contribution in [-0.2, 0) is 0 Å². The number of carbonyl (C=O) groups excluding carboxylic acids is 2. The van der Waals surface area contributed by atoms with Gasteiger partial charge >= 0.3 is 0 Å². The van der Waals surface area contributed by atoms with E-state index in [4.69, 9.17) is 0 Å². The molecule has 56 heavy (non-hydrogen) atoms. The maximum absolute atomic E-state index is 15.3. The quantitative estimate of drug-likeness (QED) is 0.161. The van der Waals surface area contributed by atoms with Gasteiger partial charge in [-0.3, -0.25) is 9.59 Å². The molecular formula is C52H36N2O2. The van der Waals surface area contributed by atoms with Crippen molar-refractivity contribution < 1.29 is 9.59 Å². The van der Waals surface area contributed by atoms with E-state index in [2.05, 4.69) is 109 Å². The van der Waals surface area contributed by atoms with Crippen LogP contribution >= 0.6 is 0 Å². The first-order chi connectivity index (χ1) is 27.5. The summed E-state index contributed by atoms with van der Waals surface area (Å²) in [5.74, 6) is -0.687. The van der Waals surface area contributed by atoms with Crippen LogP contribution in [0.2, 0.25) is 0 Å². The van der Waals surface area contributed by atoms with Gasteiger partial charge in [0.05, 0.1) is 33.5 Å². The van der Waals surface area contributed by atoms with Gasteiger partial charge in [0.1, 0.15) is 0 Å². The molecule has 0 bridgehead atoms. The zero-order valence-electron chi connectivity index (χ0n) is 31.0. The number of aromatic nitrogens is 1. The van der Waals surface area contributed by atoms with Crippen LogP contribution < -0.4 is 4.90 Å². The van der Waals surface area contributed by atoms with Gasteiger partial charge in [-0.05, 0) is 71.0 Å². The lowest BCUT2D eigenvalue weighted by Crippen LogP contribution is -2.30. The highest BCUT2D eigenvalue weighted by Crippen LogP contribution is 2.46. The molecule has 1 aliphatic heterocycles. The minimum absolute atomic E-state index is 0.340. The number of imide groups is 1. The third kappa shape index (κ3) is 5.14. The molecule has 2 heterocycles. The molecule has 0 aliphatic carbocycles. The lowest BCUT2D eigenvalue weighted by molar-refractivity contribution is 0.0926. The molecule has 266 valence electrons. The summed E-state index contributed by atoms with van der Waals surface area (Å²) in [4.78, 5) is 31.6. The smallest absolute Gasteiger partial charge is 0.268 e. The van der Waals surface area contributed by atoms with E-state index >= 15 is 4.79 Å². The Labute approximate surface area is 325 Å². The second-order valence-corrected chi connectivity index (χ2v) is 14.5. The van der Waals surface area contributed by atoms with Crippen LogP contribution in [0.4, 0.5) is 5.69 Å². The molecule has 2 amide bonds. The molecule has 4 heteroatoms. The first kappa shape index (κ1) is 33.3. The molecule has 1 aliphatic rings. The number of aryl methyl sites for hydroxylation is 2. The van der Waals surface area contributed by atoms with E-state index in [1.165, 1.54) is 4.90 Å². The number of amides is 2. The van der Waals surface area contributed by atoms with Crippen molar-refractivity contribution in [1.29, 1.82) is 0 Å². The number of nitrogens with zero attached hydrogens (tertiary/aromatic N) is 2.